The number of thiophene rings is 1. The van der Waals surface area contributed by atoms with Gasteiger partial charge in [0.2, 0.25) is 0 Å². The second-order valence-corrected chi connectivity index (χ2v) is 4.08. The molecule has 0 aliphatic carbocycles. The molecule has 1 aromatic heterocycles. The van der Waals surface area contributed by atoms with Gasteiger partial charge in [-0.25, -0.2) is 0 Å². The molecule has 0 N–H and O–H groups in total. The second-order valence-electron chi connectivity index (χ2n) is 3.05. The number of rotatable bonds is 4. The largest absolute Gasteiger partial charge is 0.286 e. The zero-order valence-electron chi connectivity index (χ0n) is 8.03. The fourth-order valence-electron chi connectivity index (χ4n) is 1.26. The smallest absolute Gasteiger partial charge is 0.0975 e. The molecular weight excluding hydrogens is 180 g/mol. The van der Waals surface area contributed by atoms with E-state index in [-0.39, 0.29) is 6.04 Å². The standard InChI is InChI=1S/C10H14N2S/c1-3-9(7-11)12(2)8-10-5-4-6-13-10/h4-6,9H,3,8H2,1-2H3. The van der Waals surface area contributed by atoms with Crippen LogP contribution in [0.4, 0.5) is 0 Å². The number of nitriles is 1. The molecular formula is C10H14N2S. The summed E-state index contributed by atoms with van der Waals surface area (Å²) in [5.74, 6) is 0. The summed E-state index contributed by atoms with van der Waals surface area (Å²) in [7, 11) is 2.00. The molecule has 13 heavy (non-hydrogen) atoms. The molecule has 1 unspecified atom stereocenters. The van der Waals surface area contributed by atoms with Crippen LogP contribution in [0.25, 0.3) is 0 Å². The summed E-state index contributed by atoms with van der Waals surface area (Å²) in [5, 5.41) is 10.9. The van der Waals surface area contributed by atoms with Gasteiger partial charge < -0.3 is 0 Å². The van der Waals surface area contributed by atoms with Crippen molar-refractivity contribution in [2.75, 3.05) is 7.05 Å². The SMILES string of the molecule is CCC(C#N)N(C)Cc1cccs1. The van der Waals surface area contributed by atoms with Crippen molar-refractivity contribution in [1.29, 1.82) is 5.26 Å². The van der Waals surface area contributed by atoms with Gasteiger partial charge in [-0.15, -0.1) is 11.3 Å². The van der Waals surface area contributed by atoms with E-state index in [1.165, 1.54) is 4.88 Å². The summed E-state index contributed by atoms with van der Waals surface area (Å²) in [6.45, 7) is 2.92. The third-order valence-electron chi connectivity index (χ3n) is 2.05. The lowest BCUT2D eigenvalue weighted by molar-refractivity contribution is 0.276. The summed E-state index contributed by atoms with van der Waals surface area (Å²) in [5.41, 5.74) is 0. The Morgan fingerprint density at radius 3 is 2.92 bits per heavy atom. The molecule has 0 fully saturated rings. The number of hydrogen-bond donors (Lipinski definition) is 0. The first-order valence-electron chi connectivity index (χ1n) is 4.40. The maximum absolute atomic E-state index is 8.84. The third kappa shape index (κ3) is 2.83. The summed E-state index contributed by atoms with van der Waals surface area (Å²) < 4.78 is 0. The van der Waals surface area contributed by atoms with Crippen LogP contribution in [0.1, 0.15) is 18.2 Å². The molecule has 0 saturated carbocycles. The van der Waals surface area contributed by atoms with E-state index in [1.807, 2.05) is 20.0 Å². The van der Waals surface area contributed by atoms with Crippen molar-refractivity contribution >= 4 is 11.3 Å². The molecule has 0 bridgehead atoms. The molecule has 1 rings (SSSR count). The summed E-state index contributed by atoms with van der Waals surface area (Å²) in [6.07, 6.45) is 0.887. The van der Waals surface area contributed by atoms with Gasteiger partial charge >= 0.3 is 0 Å². The van der Waals surface area contributed by atoms with E-state index in [0.717, 1.165) is 13.0 Å². The minimum Gasteiger partial charge on any atom is -0.286 e. The minimum absolute atomic E-state index is 0.0436. The average Bonchev–Trinajstić information content (AvgIpc) is 2.59. The molecule has 0 spiro atoms. The van der Waals surface area contributed by atoms with E-state index in [0.29, 0.717) is 0 Å². The summed E-state index contributed by atoms with van der Waals surface area (Å²) in [6, 6.07) is 6.48. The Labute approximate surface area is 83.4 Å². The van der Waals surface area contributed by atoms with Crippen LogP contribution in [-0.2, 0) is 6.54 Å². The van der Waals surface area contributed by atoms with Gasteiger partial charge in [-0.1, -0.05) is 13.0 Å². The van der Waals surface area contributed by atoms with Gasteiger partial charge in [-0.2, -0.15) is 5.26 Å². The molecule has 1 heterocycles. The fraction of sp³-hybridized carbons (Fsp3) is 0.500. The van der Waals surface area contributed by atoms with Gasteiger partial charge in [0.25, 0.3) is 0 Å². The highest BCUT2D eigenvalue weighted by Crippen LogP contribution is 2.13. The predicted octanol–water partition coefficient (Wildman–Crippen LogP) is 2.48. The van der Waals surface area contributed by atoms with Crippen LogP contribution in [0.3, 0.4) is 0 Å². The van der Waals surface area contributed by atoms with E-state index in [2.05, 4.69) is 22.4 Å². The lowest BCUT2D eigenvalue weighted by atomic mass is 10.2. The predicted molar refractivity (Wildman–Crippen MR) is 55.5 cm³/mol. The molecule has 0 amide bonds. The molecule has 70 valence electrons. The molecule has 0 saturated heterocycles. The van der Waals surface area contributed by atoms with E-state index >= 15 is 0 Å². The van der Waals surface area contributed by atoms with E-state index in [4.69, 9.17) is 5.26 Å². The molecule has 3 heteroatoms. The van der Waals surface area contributed by atoms with Crippen molar-refractivity contribution in [3.8, 4) is 6.07 Å². The number of hydrogen-bond acceptors (Lipinski definition) is 3. The quantitative estimate of drug-likeness (QED) is 0.736. The van der Waals surface area contributed by atoms with Crippen LogP contribution >= 0.6 is 11.3 Å². The van der Waals surface area contributed by atoms with Crippen LogP contribution in [0.15, 0.2) is 17.5 Å². The lowest BCUT2D eigenvalue weighted by Crippen LogP contribution is -2.28. The molecule has 1 aromatic rings. The summed E-state index contributed by atoms with van der Waals surface area (Å²) >= 11 is 1.74. The van der Waals surface area contributed by atoms with Crippen molar-refractivity contribution in [1.82, 2.24) is 4.90 Å². The Morgan fingerprint density at radius 2 is 2.46 bits per heavy atom. The normalized spacial score (nSPS) is 12.8. The maximum Gasteiger partial charge on any atom is 0.0975 e. The Hall–Kier alpha value is -0.850. The summed E-state index contributed by atoms with van der Waals surface area (Å²) in [4.78, 5) is 3.41. The lowest BCUT2D eigenvalue weighted by Gasteiger charge is -2.19. The first-order valence-corrected chi connectivity index (χ1v) is 5.28. The van der Waals surface area contributed by atoms with Crippen molar-refractivity contribution in [3.63, 3.8) is 0 Å². The van der Waals surface area contributed by atoms with E-state index in [1.54, 1.807) is 11.3 Å². The van der Waals surface area contributed by atoms with Gasteiger partial charge in [-0.3, -0.25) is 4.90 Å². The monoisotopic (exact) mass is 194 g/mol. The van der Waals surface area contributed by atoms with Crippen molar-refractivity contribution < 1.29 is 0 Å². The first-order chi connectivity index (χ1) is 6.27. The Balaban J connectivity index is 2.50. The molecule has 0 radical (unpaired) electrons. The van der Waals surface area contributed by atoms with Gasteiger partial charge in [0, 0.05) is 11.4 Å². The zero-order valence-corrected chi connectivity index (χ0v) is 8.84. The topological polar surface area (TPSA) is 27.0 Å². The Kier molecular flexibility index (Phi) is 3.94. The minimum atomic E-state index is 0.0436. The van der Waals surface area contributed by atoms with E-state index in [9.17, 15) is 0 Å². The van der Waals surface area contributed by atoms with Crippen LogP contribution in [0, 0.1) is 11.3 Å². The van der Waals surface area contributed by atoms with Crippen LogP contribution in [0.2, 0.25) is 0 Å². The van der Waals surface area contributed by atoms with Crippen LogP contribution in [0.5, 0.6) is 0 Å². The highest BCUT2D eigenvalue weighted by Gasteiger charge is 2.11. The van der Waals surface area contributed by atoms with Gasteiger partial charge in [0.05, 0.1) is 12.1 Å². The third-order valence-corrected chi connectivity index (χ3v) is 2.91. The molecule has 0 aliphatic heterocycles. The number of nitrogens with zero attached hydrogens (tertiary/aromatic N) is 2. The molecule has 0 aliphatic rings. The van der Waals surface area contributed by atoms with Gasteiger partial charge in [-0.05, 0) is 24.9 Å². The average molecular weight is 194 g/mol. The first kappa shape index (κ1) is 10.2. The molecule has 0 aromatic carbocycles. The highest BCUT2D eigenvalue weighted by molar-refractivity contribution is 7.09. The van der Waals surface area contributed by atoms with Crippen molar-refractivity contribution in [2.24, 2.45) is 0 Å². The zero-order chi connectivity index (χ0) is 9.68. The van der Waals surface area contributed by atoms with Crippen molar-refractivity contribution in [2.45, 2.75) is 25.9 Å². The highest BCUT2D eigenvalue weighted by atomic mass is 32.1. The Morgan fingerprint density at radius 1 is 1.69 bits per heavy atom. The van der Waals surface area contributed by atoms with Crippen LogP contribution in [-0.4, -0.2) is 18.0 Å². The van der Waals surface area contributed by atoms with Gasteiger partial charge in [0.15, 0.2) is 0 Å². The van der Waals surface area contributed by atoms with Crippen molar-refractivity contribution in [3.05, 3.63) is 22.4 Å². The molecule has 1 atom stereocenters. The fourth-order valence-corrected chi connectivity index (χ4v) is 2.03. The molecule has 2 nitrogen and oxygen atoms in total. The van der Waals surface area contributed by atoms with Crippen LogP contribution < -0.4 is 0 Å². The van der Waals surface area contributed by atoms with Gasteiger partial charge in [0.1, 0.15) is 0 Å². The Bertz CT molecular complexity index is 274. The maximum atomic E-state index is 8.84. The van der Waals surface area contributed by atoms with E-state index < -0.39 is 0 Å². The second kappa shape index (κ2) is 5.00.